The van der Waals surface area contributed by atoms with E-state index in [0.717, 1.165) is 12.8 Å². The Morgan fingerprint density at radius 1 is 1.41 bits per heavy atom. The van der Waals surface area contributed by atoms with Crippen molar-refractivity contribution in [1.82, 2.24) is 10.2 Å². The number of hydrogen-bond acceptors (Lipinski definition) is 3. The number of thiocarbonyl (C=S) groups is 1. The lowest BCUT2D eigenvalue weighted by Crippen LogP contribution is -2.64. The maximum atomic E-state index is 12.4. The minimum absolute atomic E-state index is 0.0237. The molecule has 0 radical (unpaired) electrons. The molecule has 4 nitrogen and oxygen atoms in total. The maximum absolute atomic E-state index is 12.4. The summed E-state index contributed by atoms with van der Waals surface area (Å²) in [7, 11) is 1.62. The lowest BCUT2D eigenvalue weighted by atomic mass is 9.69. The quantitative estimate of drug-likeness (QED) is 0.615. The van der Waals surface area contributed by atoms with Crippen molar-refractivity contribution in [3.63, 3.8) is 0 Å². The van der Waals surface area contributed by atoms with Gasteiger partial charge in [0.25, 0.3) is 0 Å². The molecule has 0 aliphatic carbocycles. The highest BCUT2D eigenvalue weighted by atomic mass is 32.1. The molecule has 0 aromatic carbocycles. The third kappa shape index (κ3) is 2.08. The molecule has 0 aromatic heterocycles. The largest absolute Gasteiger partial charge is 0.302 e. The SMILES string of the molecule is CCCC(C)C1(CC)C(=O)NC(=S)N(C)C1=O. The van der Waals surface area contributed by atoms with E-state index >= 15 is 0 Å². The molecule has 0 spiro atoms. The van der Waals surface area contributed by atoms with Crippen LogP contribution in [0, 0.1) is 11.3 Å². The summed E-state index contributed by atoms with van der Waals surface area (Å²) in [5, 5.41) is 2.84. The van der Waals surface area contributed by atoms with Crippen LogP contribution >= 0.6 is 12.2 Å². The average molecular weight is 256 g/mol. The van der Waals surface area contributed by atoms with E-state index < -0.39 is 5.41 Å². The van der Waals surface area contributed by atoms with Crippen molar-refractivity contribution < 1.29 is 9.59 Å². The van der Waals surface area contributed by atoms with Gasteiger partial charge in [0.2, 0.25) is 11.8 Å². The highest BCUT2D eigenvalue weighted by molar-refractivity contribution is 7.80. The number of nitrogens with zero attached hydrogens (tertiary/aromatic N) is 1. The van der Waals surface area contributed by atoms with E-state index in [1.807, 2.05) is 13.8 Å². The summed E-state index contributed by atoms with van der Waals surface area (Å²) in [6, 6.07) is 0. The number of hydrogen-bond donors (Lipinski definition) is 1. The third-order valence-electron chi connectivity index (χ3n) is 3.74. The van der Waals surface area contributed by atoms with Gasteiger partial charge in [0.15, 0.2) is 5.11 Å². The molecule has 2 amide bonds. The average Bonchev–Trinajstić information content (AvgIpc) is 2.28. The van der Waals surface area contributed by atoms with Crippen LogP contribution in [-0.2, 0) is 9.59 Å². The second-order valence-corrected chi connectivity index (χ2v) is 5.02. The first-order chi connectivity index (χ1) is 7.91. The van der Waals surface area contributed by atoms with E-state index in [1.165, 1.54) is 4.90 Å². The van der Waals surface area contributed by atoms with Crippen molar-refractivity contribution >= 4 is 29.1 Å². The zero-order valence-corrected chi connectivity index (χ0v) is 11.7. The Morgan fingerprint density at radius 2 is 2.00 bits per heavy atom. The van der Waals surface area contributed by atoms with Gasteiger partial charge in [0.05, 0.1) is 0 Å². The van der Waals surface area contributed by atoms with Crippen molar-refractivity contribution in [1.29, 1.82) is 0 Å². The lowest BCUT2D eigenvalue weighted by molar-refractivity contribution is -0.153. The monoisotopic (exact) mass is 256 g/mol. The standard InChI is InChI=1S/C12H20N2O2S/c1-5-7-8(3)12(6-2)9(15)13-11(17)14(4)10(12)16/h8H,5-7H2,1-4H3,(H,13,15,17). The second-order valence-electron chi connectivity index (χ2n) is 4.64. The van der Waals surface area contributed by atoms with Crippen LogP contribution in [0.15, 0.2) is 0 Å². The Bertz CT molecular complexity index is 356. The molecule has 0 aromatic rings. The summed E-state index contributed by atoms with van der Waals surface area (Å²) in [5.74, 6) is -0.390. The fourth-order valence-electron chi connectivity index (χ4n) is 2.56. The number of carbonyl (C=O) groups is 2. The Balaban J connectivity index is 3.15. The molecule has 2 unspecified atom stereocenters. The number of carbonyl (C=O) groups excluding carboxylic acids is 2. The smallest absolute Gasteiger partial charge is 0.244 e. The Labute approximate surface area is 108 Å². The molecule has 1 aliphatic rings. The predicted molar refractivity (Wildman–Crippen MR) is 70.3 cm³/mol. The first-order valence-corrected chi connectivity index (χ1v) is 6.46. The molecule has 0 saturated carbocycles. The zero-order chi connectivity index (χ0) is 13.2. The summed E-state index contributed by atoms with van der Waals surface area (Å²) in [4.78, 5) is 26.0. The van der Waals surface area contributed by atoms with E-state index in [-0.39, 0.29) is 22.8 Å². The second kappa shape index (κ2) is 5.12. The minimum atomic E-state index is -0.951. The normalized spacial score (nSPS) is 27.1. The van der Waals surface area contributed by atoms with Gasteiger partial charge < -0.3 is 5.32 Å². The molecule has 1 fully saturated rings. The van der Waals surface area contributed by atoms with Crippen molar-refractivity contribution in [2.75, 3.05) is 7.05 Å². The molecule has 17 heavy (non-hydrogen) atoms. The topological polar surface area (TPSA) is 49.4 Å². The van der Waals surface area contributed by atoms with E-state index in [4.69, 9.17) is 12.2 Å². The van der Waals surface area contributed by atoms with Gasteiger partial charge in [-0.25, -0.2) is 0 Å². The van der Waals surface area contributed by atoms with Gasteiger partial charge in [0, 0.05) is 7.05 Å². The number of amides is 2. The molecule has 1 aliphatic heterocycles. The number of nitrogens with one attached hydrogen (secondary N) is 1. The summed E-state index contributed by atoms with van der Waals surface area (Å²) < 4.78 is 0. The summed E-state index contributed by atoms with van der Waals surface area (Å²) in [6.07, 6.45) is 2.32. The maximum Gasteiger partial charge on any atom is 0.244 e. The van der Waals surface area contributed by atoms with Crippen molar-refractivity contribution in [3.8, 4) is 0 Å². The molecule has 1 heterocycles. The fraction of sp³-hybridized carbons (Fsp3) is 0.750. The Hall–Kier alpha value is -0.970. The van der Waals surface area contributed by atoms with E-state index in [0.29, 0.717) is 6.42 Å². The fourth-order valence-corrected chi connectivity index (χ4v) is 2.73. The number of rotatable bonds is 4. The van der Waals surface area contributed by atoms with Crippen LogP contribution in [0.1, 0.15) is 40.0 Å². The Morgan fingerprint density at radius 3 is 2.47 bits per heavy atom. The molecular weight excluding hydrogens is 236 g/mol. The van der Waals surface area contributed by atoms with Crippen LogP contribution < -0.4 is 5.32 Å². The van der Waals surface area contributed by atoms with Gasteiger partial charge in [-0.05, 0) is 31.0 Å². The molecule has 2 atom stereocenters. The third-order valence-corrected chi connectivity index (χ3v) is 4.11. The van der Waals surface area contributed by atoms with E-state index in [1.54, 1.807) is 7.05 Å². The molecule has 5 heteroatoms. The summed E-state index contributed by atoms with van der Waals surface area (Å²) >= 11 is 4.96. The van der Waals surface area contributed by atoms with Crippen molar-refractivity contribution in [2.45, 2.75) is 40.0 Å². The Kier molecular flexibility index (Phi) is 4.25. The van der Waals surface area contributed by atoms with Gasteiger partial charge in [-0.15, -0.1) is 0 Å². The van der Waals surface area contributed by atoms with Gasteiger partial charge >= 0.3 is 0 Å². The van der Waals surface area contributed by atoms with E-state index in [2.05, 4.69) is 12.2 Å². The molecule has 96 valence electrons. The van der Waals surface area contributed by atoms with Crippen LogP contribution in [0.5, 0.6) is 0 Å². The van der Waals surface area contributed by atoms with Gasteiger partial charge in [-0.3, -0.25) is 14.5 Å². The predicted octanol–water partition coefficient (Wildman–Crippen LogP) is 1.69. The van der Waals surface area contributed by atoms with Crippen LogP contribution in [0.4, 0.5) is 0 Å². The first kappa shape index (κ1) is 14.1. The highest BCUT2D eigenvalue weighted by Gasteiger charge is 2.53. The highest BCUT2D eigenvalue weighted by Crippen LogP contribution is 2.38. The van der Waals surface area contributed by atoms with Gasteiger partial charge in [-0.2, -0.15) is 0 Å². The van der Waals surface area contributed by atoms with E-state index in [9.17, 15) is 9.59 Å². The lowest BCUT2D eigenvalue weighted by Gasteiger charge is -2.42. The van der Waals surface area contributed by atoms with Gasteiger partial charge in [-0.1, -0.05) is 27.2 Å². The van der Waals surface area contributed by atoms with Crippen molar-refractivity contribution in [3.05, 3.63) is 0 Å². The molecule has 0 bridgehead atoms. The summed E-state index contributed by atoms with van der Waals surface area (Å²) in [6.45, 7) is 5.90. The molecular formula is C12H20N2O2S. The summed E-state index contributed by atoms with van der Waals surface area (Å²) in [5.41, 5.74) is -0.951. The van der Waals surface area contributed by atoms with Gasteiger partial charge in [0.1, 0.15) is 5.41 Å². The molecule has 1 rings (SSSR count). The first-order valence-electron chi connectivity index (χ1n) is 6.05. The molecule has 1 N–H and O–H groups in total. The zero-order valence-electron chi connectivity index (χ0n) is 10.9. The van der Waals surface area contributed by atoms with Crippen LogP contribution in [0.3, 0.4) is 0 Å². The van der Waals surface area contributed by atoms with Crippen LogP contribution in [-0.4, -0.2) is 28.9 Å². The minimum Gasteiger partial charge on any atom is -0.302 e. The van der Waals surface area contributed by atoms with Crippen LogP contribution in [0.25, 0.3) is 0 Å². The molecule has 1 saturated heterocycles. The van der Waals surface area contributed by atoms with Crippen molar-refractivity contribution in [2.24, 2.45) is 11.3 Å². The van der Waals surface area contributed by atoms with Crippen LogP contribution in [0.2, 0.25) is 0 Å².